The number of carbonyl (C=O) groups is 2. The lowest BCUT2D eigenvalue weighted by molar-refractivity contribution is -0.274. The highest BCUT2D eigenvalue weighted by Crippen LogP contribution is 2.24. The number of benzene rings is 1. The first-order valence-corrected chi connectivity index (χ1v) is 5.29. The van der Waals surface area contributed by atoms with Crippen molar-refractivity contribution in [3.63, 3.8) is 0 Å². The number of halogens is 3. The van der Waals surface area contributed by atoms with Crippen molar-refractivity contribution >= 4 is 11.7 Å². The second-order valence-electron chi connectivity index (χ2n) is 3.62. The second kappa shape index (κ2) is 6.06. The summed E-state index contributed by atoms with van der Waals surface area (Å²) in [5, 5.41) is 10.9. The number of nitrogens with zero attached hydrogens (tertiary/aromatic N) is 1. The van der Waals surface area contributed by atoms with Gasteiger partial charge in [-0.3, -0.25) is 9.59 Å². The van der Waals surface area contributed by atoms with Crippen molar-refractivity contribution in [2.45, 2.75) is 6.36 Å². The van der Waals surface area contributed by atoms with E-state index in [0.717, 1.165) is 18.2 Å². The van der Waals surface area contributed by atoms with Gasteiger partial charge in [-0.2, -0.15) is 5.26 Å². The Morgan fingerprint density at radius 2 is 2.05 bits per heavy atom. The molecular weight excluding hydrogens is 277 g/mol. The van der Waals surface area contributed by atoms with E-state index in [0.29, 0.717) is 0 Å². The molecule has 0 spiro atoms. The summed E-state index contributed by atoms with van der Waals surface area (Å²) in [7, 11) is 1.24. The molecule has 20 heavy (non-hydrogen) atoms. The van der Waals surface area contributed by atoms with E-state index >= 15 is 0 Å². The molecule has 0 aliphatic carbocycles. The number of carbonyl (C=O) groups excluding carboxylic acids is 2. The maximum Gasteiger partial charge on any atom is 0.573 e. The highest BCUT2D eigenvalue weighted by molar-refractivity contribution is 6.12. The van der Waals surface area contributed by atoms with Crippen LogP contribution >= 0.6 is 0 Å². The third-order valence-electron chi connectivity index (χ3n) is 2.25. The van der Waals surface area contributed by atoms with Crippen LogP contribution in [0.3, 0.4) is 0 Å². The Labute approximate surface area is 111 Å². The fourth-order valence-electron chi connectivity index (χ4n) is 1.39. The van der Waals surface area contributed by atoms with Crippen LogP contribution in [0.1, 0.15) is 10.4 Å². The Kier molecular flexibility index (Phi) is 4.69. The zero-order valence-corrected chi connectivity index (χ0v) is 10.2. The molecule has 0 saturated carbocycles. The van der Waals surface area contributed by atoms with Crippen LogP contribution in [0.15, 0.2) is 24.3 Å². The number of amides is 1. The summed E-state index contributed by atoms with van der Waals surface area (Å²) in [4.78, 5) is 23.2. The minimum Gasteiger partial charge on any atom is -0.406 e. The first-order chi connectivity index (χ1) is 9.28. The minimum absolute atomic E-state index is 0.220. The second-order valence-corrected chi connectivity index (χ2v) is 3.62. The predicted octanol–water partition coefficient (Wildman–Crippen LogP) is 1.65. The van der Waals surface area contributed by atoms with Gasteiger partial charge in [-0.15, -0.1) is 13.2 Å². The summed E-state index contributed by atoms with van der Waals surface area (Å²) < 4.78 is 39.8. The van der Waals surface area contributed by atoms with Crippen LogP contribution in [0.25, 0.3) is 0 Å². The Hall–Kier alpha value is -2.56. The van der Waals surface area contributed by atoms with Gasteiger partial charge in [-0.05, 0) is 12.1 Å². The van der Waals surface area contributed by atoms with Crippen molar-refractivity contribution in [1.82, 2.24) is 5.32 Å². The molecule has 0 bridgehead atoms. The number of alkyl halides is 3. The van der Waals surface area contributed by atoms with Crippen LogP contribution in [-0.4, -0.2) is 25.1 Å². The first kappa shape index (κ1) is 15.5. The molecule has 1 atom stereocenters. The normalized spacial score (nSPS) is 12.2. The molecule has 1 aromatic carbocycles. The van der Waals surface area contributed by atoms with E-state index in [1.165, 1.54) is 19.2 Å². The van der Waals surface area contributed by atoms with Crippen molar-refractivity contribution in [3.05, 3.63) is 29.8 Å². The number of nitriles is 1. The zero-order valence-electron chi connectivity index (χ0n) is 10.2. The first-order valence-electron chi connectivity index (χ1n) is 5.29. The molecule has 106 valence electrons. The molecule has 5 nitrogen and oxygen atoms in total. The molecule has 1 N–H and O–H groups in total. The van der Waals surface area contributed by atoms with Gasteiger partial charge in [0.2, 0.25) is 5.91 Å². The van der Waals surface area contributed by atoms with E-state index in [2.05, 4.69) is 10.1 Å². The quantitative estimate of drug-likeness (QED) is 0.674. The SMILES string of the molecule is CNC(=O)[C@@H](C#N)C(=O)c1cccc(OC(F)(F)F)c1. The molecule has 1 rings (SSSR count). The van der Waals surface area contributed by atoms with Gasteiger partial charge < -0.3 is 10.1 Å². The number of nitrogens with one attached hydrogen (secondary N) is 1. The Morgan fingerprint density at radius 3 is 2.55 bits per heavy atom. The van der Waals surface area contributed by atoms with Gasteiger partial charge in [-0.1, -0.05) is 12.1 Å². The monoisotopic (exact) mass is 286 g/mol. The van der Waals surface area contributed by atoms with E-state index in [4.69, 9.17) is 5.26 Å². The van der Waals surface area contributed by atoms with Gasteiger partial charge in [0.15, 0.2) is 11.7 Å². The third kappa shape index (κ3) is 3.98. The van der Waals surface area contributed by atoms with Crippen molar-refractivity contribution in [2.24, 2.45) is 5.92 Å². The molecule has 0 fully saturated rings. The van der Waals surface area contributed by atoms with Gasteiger partial charge in [-0.25, -0.2) is 0 Å². The zero-order chi connectivity index (χ0) is 15.3. The van der Waals surface area contributed by atoms with Gasteiger partial charge in [0.1, 0.15) is 5.75 Å². The lowest BCUT2D eigenvalue weighted by atomic mass is 9.98. The summed E-state index contributed by atoms with van der Waals surface area (Å²) in [5.74, 6) is -3.96. The molecule has 1 amide bonds. The molecule has 0 aliphatic rings. The molecule has 8 heteroatoms. The molecule has 0 aliphatic heterocycles. The fraction of sp³-hybridized carbons (Fsp3) is 0.250. The molecular formula is C12H9F3N2O3. The highest BCUT2D eigenvalue weighted by Gasteiger charge is 2.32. The molecule has 0 radical (unpaired) electrons. The van der Waals surface area contributed by atoms with Crippen molar-refractivity contribution < 1.29 is 27.5 Å². The fourth-order valence-corrected chi connectivity index (χ4v) is 1.39. The highest BCUT2D eigenvalue weighted by atomic mass is 19.4. The standard InChI is InChI=1S/C12H9F3N2O3/c1-17-11(19)9(6-16)10(18)7-3-2-4-8(5-7)20-12(13,14)15/h2-5,9H,1H3,(H,17,19)/t9-/m0/s1. The van der Waals surface area contributed by atoms with E-state index in [-0.39, 0.29) is 5.56 Å². The largest absolute Gasteiger partial charge is 0.573 e. The Bertz CT molecular complexity index is 564. The van der Waals surface area contributed by atoms with Crippen LogP contribution in [0.2, 0.25) is 0 Å². The van der Waals surface area contributed by atoms with E-state index in [9.17, 15) is 22.8 Å². The summed E-state index contributed by atoms with van der Waals surface area (Å²) in [6.07, 6.45) is -4.89. The molecule has 0 heterocycles. The number of ether oxygens (including phenoxy) is 1. The van der Waals surface area contributed by atoms with Crippen molar-refractivity contribution in [3.8, 4) is 11.8 Å². The number of hydrogen-bond acceptors (Lipinski definition) is 4. The third-order valence-corrected chi connectivity index (χ3v) is 2.25. The lowest BCUT2D eigenvalue weighted by Gasteiger charge is -2.11. The van der Waals surface area contributed by atoms with Crippen molar-refractivity contribution in [2.75, 3.05) is 7.05 Å². The lowest BCUT2D eigenvalue weighted by Crippen LogP contribution is -2.32. The van der Waals surface area contributed by atoms with Gasteiger partial charge in [0, 0.05) is 12.6 Å². The van der Waals surface area contributed by atoms with Crippen LogP contribution in [-0.2, 0) is 4.79 Å². The number of Topliss-reactive ketones (excluding diaryl/α,β-unsaturated/α-hetero) is 1. The topological polar surface area (TPSA) is 79.2 Å². The molecule has 0 unspecified atom stereocenters. The number of ketones is 1. The maximum absolute atomic E-state index is 12.1. The van der Waals surface area contributed by atoms with Crippen LogP contribution < -0.4 is 10.1 Å². The summed E-state index contributed by atoms with van der Waals surface area (Å²) in [5.41, 5.74) is -0.220. The average Bonchev–Trinajstić information content (AvgIpc) is 2.37. The summed E-state index contributed by atoms with van der Waals surface area (Å²) in [6, 6.07) is 5.67. The van der Waals surface area contributed by atoms with E-state index < -0.39 is 29.7 Å². The smallest absolute Gasteiger partial charge is 0.406 e. The van der Waals surface area contributed by atoms with Crippen molar-refractivity contribution in [1.29, 1.82) is 5.26 Å². The van der Waals surface area contributed by atoms with Crippen LogP contribution in [0, 0.1) is 17.2 Å². The minimum atomic E-state index is -4.89. The summed E-state index contributed by atoms with van der Waals surface area (Å²) in [6.45, 7) is 0. The number of hydrogen-bond donors (Lipinski definition) is 1. The maximum atomic E-state index is 12.1. The van der Waals surface area contributed by atoms with Gasteiger partial charge in [0.05, 0.1) is 6.07 Å². The van der Waals surface area contributed by atoms with Gasteiger partial charge >= 0.3 is 6.36 Å². The van der Waals surface area contributed by atoms with Crippen LogP contribution in [0.4, 0.5) is 13.2 Å². The molecule has 0 aromatic heterocycles. The number of rotatable bonds is 4. The molecule has 1 aromatic rings. The Balaban J connectivity index is 3.03. The summed E-state index contributed by atoms with van der Waals surface area (Å²) >= 11 is 0. The van der Waals surface area contributed by atoms with Gasteiger partial charge in [0.25, 0.3) is 0 Å². The van der Waals surface area contributed by atoms with E-state index in [1.54, 1.807) is 0 Å². The van der Waals surface area contributed by atoms with Crippen LogP contribution in [0.5, 0.6) is 5.75 Å². The molecule has 0 saturated heterocycles. The average molecular weight is 286 g/mol. The van der Waals surface area contributed by atoms with E-state index in [1.807, 2.05) is 0 Å². The Morgan fingerprint density at radius 1 is 1.40 bits per heavy atom. The predicted molar refractivity (Wildman–Crippen MR) is 60.6 cm³/mol.